The second-order valence-corrected chi connectivity index (χ2v) is 44.9. The molecule has 0 aliphatic heterocycles. The van der Waals surface area contributed by atoms with Crippen LogP contribution in [-0.2, 0) is 70.2 Å². The van der Waals surface area contributed by atoms with Gasteiger partial charge in [-0.1, -0.05) is 95.9 Å². The molecule has 31 atom stereocenters. The van der Waals surface area contributed by atoms with Gasteiger partial charge in [0.1, 0.15) is 48.8 Å². The van der Waals surface area contributed by atoms with Crippen molar-refractivity contribution < 1.29 is 439 Å². The Morgan fingerprint density at radius 2 is 0.669 bits per heavy atom. The van der Waals surface area contributed by atoms with Crippen LogP contribution in [0.1, 0.15) is 198 Å². The molecule has 0 heterocycles. The minimum Gasteiger partial charge on any atom is -0.822 e. The van der Waals surface area contributed by atoms with Crippen LogP contribution in [0.25, 0.3) is 0 Å². The average molecular weight is 2080 g/mol. The number of phosphoric acid groups is 4. The molecule has 16 aliphatic rings. The van der Waals surface area contributed by atoms with Crippen molar-refractivity contribution in [2.24, 2.45) is 114 Å². The van der Waals surface area contributed by atoms with E-state index >= 15 is 13.2 Å². The number of hydrogen-bond acceptors (Lipinski definition) is 33. The maximum atomic E-state index is 17.1. The van der Waals surface area contributed by atoms with Crippen LogP contribution < -0.4 is 310 Å². The largest absolute Gasteiger partial charge is 1.00 e. The van der Waals surface area contributed by atoms with E-state index in [9.17, 15) is 127 Å². The Kier molecular flexibility index (Phi) is 46.5. The number of hydrogen-bond donors (Lipinski definition) is 9. The quantitative estimate of drug-likeness (QED) is 0.0576. The standard InChI is InChI=1S/3C22H30FO8P.C21H30O5.9Na.H3O4P/c3*1-12-8-16-15-5-4-13-9-14(25)6-7-19(13,2)21(15,23)17(26)10-20(16,3)22(12,18(27)11-24)31-32(28,29)30;1-19-7-5-13(23)9-12(19)3-4-14-15-6-8-21(26,17(25)11-22)20(15,2)10-16(24)18(14)19;;;;;;;;;;1-5(2,3)4/h3*6-7,9,12,15-17,24,26H,4-5,8,10-11H2,1-3H3,(H2,28,29,30);9,14-16,18,22,24,26H,3-8,10-11H2,1-2H3;;;;;;;;;;(H3,1,2,3,4)/q;;;;9*+1;/p-9/t3*12-,15?,16?,17+,19+,20+,21+,22+;14?,15?,16-,18?,19-,20-,21-;;;;;;;;;;/m1110........../s1. The molecule has 710 valence electrons. The van der Waals surface area contributed by atoms with Crippen molar-refractivity contribution in [2.45, 2.75) is 262 Å². The molecular formula is C87H114F3Na9O33P4. The predicted molar refractivity (Wildman–Crippen MR) is 422 cm³/mol. The zero-order chi connectivity index (χ0) is 95.1. The second kappa shape index (κ2) is 47.0. The molecule has 0 saturated heterocycles. The molecular weight excluding hydrogens is 1960 g/mol. The summed E-state index contributed by atoms with van der Waals surface area (Å²) in [6.45, 7) is 14.5. The minimum atomic E-state index is -5.67. The Labute approximate surface area is 989 Å². The van der Waals surface area contributed by atoms with E-state index < -0.39 is 236 Å². The van der Waals surface area contributed by atoms with Crippen LogP contribution in [0.4, 0.5) is 13.2 Å². The number of halogens is 3. The first-order valence-electron chi connectivity index (χ1n) is 43.2. The molecule has 0 aromatic heterocycles. The summed E-state index contributed by atoms with van der Waals surface area (Å²) in [7, 11) is -22.4. The van der Waals surface area contributed by atoms with Crippen molar-refractivity contribution in [1.82, 2.24) is 0 Å². The van der Waals surface area contributed by atoms with Gasteiger partial charge in [0.25, 0.3) is 0 Å². The van der Waals surface area contributed by atoms with Gasteiger partial charge in [-0.3, -0.25) is 38.4 Å². The predicted octanol–water partition coefficient (Wildman–Crippen LogP) is -25.8. The molecule has 9 N–H and O–H groups in total. The molecule has 12 saturated carbocycles. The molecule has 0 bridgehead atoms. The normalized spacial score (nSPS) is 44.0. The van der Waals surface area contributed by atoms with Crippen LogP contribution in [0.3, 0.4) is 0 Å². The third-order valence-corrected chi connectivity index (χ3v) is 37.2. The van der Waals surface area contributed by atoms with E-state index in [0.29, 0.717) is 55.2 Å². The maximum absolute atomic E-state index is 17.1. The Hall–Kier alpha value is 4.41. The van der Waals surface area contributed by atoms with E-state index in [4.69, 9.17) is 32.8 Å². The van der Waals surface area contributed by atoms with E-state index in [2.05, 4.69) is 6.92 Å². The topological polar surface area (TPSA) is 622 Å². The van der Waals surface area contributed by atoms with Crippen LogP contribution in [0, 0.1) is 114 Å². The first-order chi connectivity index (χ1) is 58.2. The number of carbonyl (C=O) groups excluding carboxylic acids is 8. The molecule has 12 fully saturated rings. The fourth-order valence-corrected chi connectivity index (χ4v) is 32.8. The van der Waals surface area contributed by atoms with Gasteiger partial charge in [0, 0.05) is 62.1 Å². The number of rotatable bonds is 14. The number of Topliss-reactive ketones (excluding diaryl/α,β-unsaturated/α-hetero) is 4. The van der Waals surface area contributed by atoms with E-state index in [1.807, 2.05) is 6.92 Å². The van der Waals surface area contributed by atoms with Crippen molar-refractivity contribution in [3.05, 3.63) is 83.1 Å². The zero-order valence-electron chi connectivity index (χ0n) is 81.5. The Morgan fingerprint density at radius 3 is 0.941 bits per heavy atom. The van der Waals surface area contributed by atoms with Crippen molar-refractivity contribution >= 4 is 77.6 Å². The third-order valence-electron chi connectivity index (χ3n) is 35.6. The Bertz CT molecular complexity index is 4620. The minimum absolute atomic E-state index is 0. The first kappa shape index (κ1) is 135. The molecule has 0 radical (unpaired) electrons. The third kappa shape index (κ3) is 21.7. The Morgan fingerprint density at radius 1 is 0.390 bits per heavy atom. The van der Waals surface area contributed by atoms with Crippen LogP contribution >= 0.6 is 31.3 Å². The van der Waals surface area contributed by atoms with Crippen molar-refractivity contribution in [1.29, 1.82) is 0 Å². The van der Waals surface area contributed by atoms with Gasteiger partial charge in [0.2, 0.25) is 0 Å². The summed E-state index contributed by atoms with van der Waals surface area (Å²) in [5.74, 6) is -10.1. The summed E-state index contributed by atoms with van der Waals surface area (Å²) >= 11 is 0. The number of phosphoric ester groups is 3. The average Bonchev–Trinajstić information content (AvgIpc) is 1.46. The van der Waals surface area contributed by atoms with Gasteiger partial charge < -0.3 is 122 Å². The molecule has 0 aromatic carbocycles. The van der Waals surface area contributed by atoms with Gasteiger partial charge in [-0.2, -0.15) is 7.82 Å². The van der Waals surface area contributed by atoms with Gasteiger partial charge in [-0.05, 0) is 238 Å². The van der Waals surface area contributed by atoms with Crippen LogP contribution in [0.5, 0.6) is 0 Å². The SMILES string of the molecule is C[C@@H]1CC2C3CCC4=CC(=O)C=C[C@]4(C)[C@@]3(F)[C@@H](O)C[C@]2(C)[C@@]1(OP(=O)([O-])[O-])C(=O)CO.C[C@@H]1CC2C3CCC4=CC(=O)C=C[C@]4(C)[C@@]3(F)[C@@H](O)C[C@]2(C)[C@@]1(OP(=O)([O-])[O-])C(=O)CO.C[C@@H]1CC2C3CCC4=CC(=O)C=C[C@]4(C)[C@@]3(F)[C@@H](O)C[C@]2(C)[C@@]1(OP(=O)([O-])[O-])C(=O)CO.C[C@]12CCC(=O)C=C1CCC1C2[C@@H](O)C[C@@]2(C)C1CC[C@]2(O)C(=O)CO.O=P([O-])([O-])[O-].[Na+].[Na+].[Na+].[Na+].[Na+].[Na+].[Na+].[Na+].[Na+]. The fraction of sp³-hybridized carbons (Fsp3) is 0.747. The van der Waals surface area contributed by atoms with Crippen molar-refractivity contribution in [2.75, 3.05) is 26.4 Å². The molecule has 136 heavy (non-hydrogen) atoms. The number of aliphatic hydroxyl groups excluding tert-OH is 8. The summed E-state index contributed by atoms with van der Waals surface area (Å²) in [5, 5.41) is 94.4. The number of fused-ring (bicyclic) bond motifs is 20. The van der Waals surface area contributed by atoms with Crippen molar-refractivity contribution in [3.63, 3.8) is 0 Å². The molecule has 33 nitrogen and oxygen atoms in total. The van der Waals surface area contributed by atoms with Crippen LogP contribution in [0.2, 0.25) is 0 Å². The number of carbonyl (C=O) groups is 8. The van der Waals surface area contributed by atoms with E-state index in [1.54, 1.807) is 68.4 Å². The summed E-state index contributed by atoms with van der Waals surface area (Å²) < 4.78 is 110. The van der Waals surface area contributed by atoms with Crippen LogP contribution in [0.15, 0.2) is 83.1 Å². The summed E-state index contributed by atoms with van der Waals surface area (Å²) in [5.41, 5.74) is -20.5. The smallest absolute Gasteiger partial charge is 0.822 e. The fourth-order valence-electron chi connectivity index (χ4n) is 30.3. The van der Waals surface area contributed by atoms with Gasteiger partial charge in [-0.25, -0.2) is 13.2 Å². The second-order valence-electron chi connectivity index (χ2n) is 40.8. The molecule has 16 aliphatic carbocycles. The van der Waals surface area contributed by atoms with Crippen LogP contribution in [-0.4, -0.2) is 182 Å². The van der Waals surface area contributed by atoms with Gasteiger partial charge in [0.05, 0.1) is 47.9 Å². The van der Waals surface area contributed by atoms with Crippen molar-refractivity contribution in [3.8, 4) is 0 Å². The molecule has 0 spiro atoms. The van der Waals surface area contributed by atoms with E-state index in [1.165, 1.54) is 60.3 Å². The molecule has 0 aromatic rings. The monoisotopic (exact) mass is 2070 g/mol. The van der Waals surface area contributed by atoms with Gasteiger partial charge >= 0.3 is 266 Å². The van der Waals surface area contributed by atoms with Gasteiger partial charge in [0.15, 0.2) is 63.3 Å². The number of allylic oxidation sites excluding steroid dienone is 13. The molecule has 9 unspecified atom stereocenters. The number of alkyl halides is 3. The van der Waals surface area contributed by atoms with Gasteiger partial charge in [-0.15, -0.1) is 0 Å². The molecule has 49 heteroatoms. The maximum Gasteiger partial charge on any atom is 1.00 e. The molecule has 16 rings (SSSR count). The molecule has 0 amide bonds. The summed E-state index contributed by atoms with van der Waals surface area (Å²) in [6.07, 6.45) is 15.0. The number of aliphatic hydroxyl groups is 9. The number of ketones is 8. The zero-order valence-corrected chi connectivity index (χ0v) is 103. The first-order valence-corrected chi connectivity index (χ1v) is 49.1. The van der Waals surface area contributed by atoms with E-state index in [-0.39, 0.29) is 370 Å². The Balaban J connectivity index is 0.000000450. The van der Waals surface area contributed by atoms with E-state index in [0.717, 1.165) is 25.7 Å². The summed E-state index contributed by atoms with van der Waals surface area (Å²) in [4.78, 5) is 195. The summed E-state index contributed by atoms with van der Waals surface area (Å²) in [6, 6.07) is 0.